The minimum atomic E-state index is -0.556. The van der Waals surface area contributed by atoms with Gasteiger partial charge in [-0.2, -0.15) is 0 Å². The van der Waals surface area contributed by atoms with Gasteiger partial charge in [-0.05, 0) is 37.4 Å². The van der Waals surface area contributed by atoms with Crippen LogP contribution >= 0.6 is 0 Å². The molecule has 1 aliphatic heterocycles. The first-order valence-electron chi connectivity index (χ1n) is 6.05. The van der Waals surface area contributed by atoms with Crippen LogP contribution in [-0.4, -0.2) is 28.8 Å². The standard InChI is InChI=1S/C12H17N5O/c1-12(18)5-7-17(8-6-12)11-4-2-3-10(15-11)9-14-16-13/h2-4,18H,5-9H2,1H3. The Balaban J connectivity index is 2.07. The molecule has 1 N–H and O–H groups in total. The van der Waals surface area contributed by atoms with Crippen LogP contribution in [0.2, 0.25) is 0 Å². The number of aromatic nitrogens is 1. The van der Waals surface area contributed by atoms with Crippen LogP contribution < -0.4 is 4.90 Å². The van der Waals surface area contributed by atoms with Gasteiger partial charge in [-0.1, -0.05) is 11.2 Å². The third-order valence-electron chi connectivity index (χ3n) is 3.25. The van der Waals surface area contributed by atoms with Crippen molar-refractivity contribution in [2.75, 3.05) is 18.0 Å². The lowest BCUT2D eigenvalue weighted by molar-refractivity contribution is 0.0350. The number of piperidine rings is 1. The summed E-state index contributed by atoms with van der Waals surface area (Å²) in [7, 11) is 0. The largest absolute Gasteiger partial charge is 0.390 e. The molecule has 1 fully saturated rings. The molecule has 0 amide bonds. The maximum atomic E-state index is 9.91. The van der Waals surface area contributed by atoms with Gasteiger partial charge < -0.3 is 10.0 Å². The number of anilines is 1. The first-order chi connectivity index (χ1) is 8.61. The molecule has 0 aliphatic carbocycles. The molecule has 1 aromatic heterocycles. The van der Waals surface area contributed by atoms with Gasteiger partial charge in [-0.3, -0.25) is 0 Å². The highest BCUT2D eigenvalue weighted by Crippen LogP contribution is 2.24. The third kappa shape index (κ3) is 3.12. The lowest BCUT2D eigenvalue weighted by Gasteiger charge is -2.36. The summed E-state index contributed by atoms with van der Waals surface area (Å²) in [6, 6.07) is 5.70. The molecule has 1 saturated heterocycles. The summed E-state index contributed by atoms with van der Waals surface area (Å²) < 4.78 is 0. The molecule has 2 rings (SSSR count). The summed E-state index contributed by atoms with van der Waals surface area (Å²) in [4.78, 5) is 9.34. The summed E-state index contributed by atoms with van der Waals surface area (Å²) in [5.41, 5.74) is 8.51. The second kappa shape index (κ2) is 5.25. The molecule has 0 unspecified atom stereocenters. The summed E-state index contributed by atoms with van der Waals surface area (Å²) in [6.07, 6.45) is 1.49. The number of pyridine rings is 1. The second-order valence-electron chi connectivity index (χ2n) is 4.86. The molecule has 0 radical (unpaired) electrons. The minimum absolute atomic E-state index is 0.274. The fourth-order valence-electron chi connectivity index (χ4n) is 2.05. The Hall–Kier alpha value is -1.78. The predicted octanol–water partition coefficient (Wildman–Crippen LogP) is 2.24. The quantitative estimate of drug-likeness (QED) is 0.505. The summed E-state index contributed by atoms with van der Waals surface area (Å²) in [5, 5.41) is 13.4. The Morgan fingerprint density at radius 1 is 1.50 bits per heavy atom. The Labute approximate surface area is 106 Å². The number of hydrogen-bond acceptors (Lipinski definition) is 4. The Morgan fingerprint density at radius 2 is 2.22 bits per heavy atom. The van der Waals surface area contributed by atoms with Crippen molar-refractivity contribution in [1.82, 2.24) is 4.98 Å². The average molecular weight is 247 g/mol. The van der Waals surface area contributed by atoms with Crippen LogP contribution in [0.3, 0.4) is 0 Å². The van der Waals surface area contributed by atoms with E-state index in [4.69, 9.17) is 5.53 Å². The number of azide groups is 1. The van der Waals surface area contributed by atoms with Gasteiger partial charge in [0.15, 0.2) is 0 Å². The zero-order valence-corrected chi connectivity index (χ0v) is 10.5. The van der Waals surface area contributed by atoms with E-state index in [1.165, 1.54) is 0 Å². The highest BCUT2D eigenvalue weighted by Gasteiger charge is 2.27. The van der Waals surface area contributed by atoms with Crippen LogP contribution in [0, 0.1) is 0 Å². The molecule has 0 aromatic carbocycles. The fraction of sp³-hybridized carbons (Fsp3) is 0.583. The number of nitrogens with zero attached hydrogens (tertiary/aromatic N) is 5. The molecule has 0 atom stereocenters. The van der Waals surface area contributed by atoms with Crippen molar-refractivity contribution in [3.63, 3.8) is 0 Å². The predicted molar refractivity (Wildman–Crippen MR) is 69.2 cm³/mol. The van der Waals surface area contributed by atoms with Gasteiger partial charge in [0.1, 0.15) is 5.82 Å². The highest BCUT2D eigenvalue weighted by atomic mass is 16.3. The van der Waals surface area contributed by atoms with Gasteiger partial charge in [-0.25, -0.2) is 4.98 Å². The molecule has 0 bridgehead atoms. The lowest BCUT2D eigenvalue weighted by Crippen LogP contribution is -2.42. The molecule has 96 valence electrons. The molecular formula is C12H17N5O. The smallest absolute Gasteiger partial charge is 0.128 e. The molecule has 18 heavy (non-hydrogen) atoms. The van der Waals surface area contributed by atoms with Crippen LogP contribution in [0.4, 0.5) is 5.82 Å². The first-order valence-corrected chi connectivity index (χ1v) is 6.05. The van der Waals surface area contributed by atoms with Crippen LogP contribution in [0.1, 0.15) is 25.5 Å². The maximum Gasteiger partial charge on any atom is 0.128 e. The van der Waals surface area contributed by atoms with Crippen molar-refractivity contribution < 1.29 is 5.11 Å². The van der Waals surface area contributed by atoms with Crippen molar-refractivity contribution in [3.05, 3.63) is 34.3 Å². The zero-order valence-electron chi connectivity index (χ0n) is 10.5. The number of hydrogen-bond donors (Lipinski definition) is 1. The summed E-state index contributed by atoms with van der Waals surface area (Å²) >= 11 is 0. The van der Waals surface area contributed by atoms with E-state index in [2.05, 4.69) is 19.9 Å². The molecule has 2 heterocycles. The van der Waals surface area contributed by atoms with Crippen LogP contribution in [0.25, 0.3) is 10.4 Å². The lowest BCUT2D eigenvalue weighted by atomic mass is 9.94. The normalized spacial score (nSPS) is 18.2. The van der Waals surface area contributed by atoms with E-state index in [0.717, 1.165) is 37.4 Å². The average Bonchev–Trinajstić information content (AvgIpc) is 2.37. The van der Waals surface area contributed by atoms with Gasteiger partial charge in [0.05, 0.1) is 12.1 Å². The van der Waals surface area contributed by atoms with E-state index < -0.39 is 5.60 Å². The van der Waals surface area contributed by atoms with Crippen molar-refractivity contribution in [1.29, 1.82) is 0 Å². The van der Waals surface area contributed by atoms with Crippen LogP contribution in [0.15, 0.2) is 23.3 Å². The molecule has 0 saturated carbocycles. The number of aliphatic hydroxyl groups is 1. The van der Waals surface area contributed by atoms with E-state index >= 15 is 0 Å². The highest BCUT2D eigenvalue weighted by molar-refractivity contribution is 5.40. The molecule has 6 nitrogen and oxygen atoms in total. The van der Waals surface area contributed by atoms with Gasteiger partial charge in [0.25, 0.3) is 0 Å². The van der Waals surface area contributed by atoms with Gasteiger partial charge in [0.2, 0.25) is 0 Å². The number of rotatable bonds is 3. The van der Waals surface area contributed by atoms with Gasteiger partial charge in [0, 0.05) is 23.7 Å². The Morgan fingerprint density at radius 3 is 2.89 bits per heavy atom. The van der Waals surface area contributed by atoms with E-state index in [1.807, 2.05) is 25.1 Å². The Bertz CT molecular complexity index is 457. The molecule has 0 spiro atoms. The van der Waals surface area contributed by atoms with E-state index in [9.17, 15) is 5.11 Å². The van der Waals surface area contributed by atoms with Gasteiger partial charge in [-0.15, -0.1) is 0 Å². The van der Waals surface area contributed by atoms with Crippen molar-refractivity contribution in [2.45, 2.75) is 31.9 Å². The first kappa shape index (κ1) is 12.7. The van der Waals surface area contributed by atoms with E-state index in [0.29, 0.717) is 0 Å². The summed E-state index contributed by atoms with van der Waals surface area (Å²) in [6.45, 7) is 3.74. The molecular weight excluding hydrogens is 230 g/mol. The van der Waals surface area contributed by atoms with Crippen LogP contribution in [0.5, 0.6) is 0 Å². The van der Waals surface area contributed by atoms with Crippen molar-refractivity contribution in [3.8, 4) is 0 Å². The molecule has 1 aromatic rings. The Kier molecular flexibility index (Phi) is 3.69. The van der Waals surface area contributed by atoms with Crippen LogP contribution in [-0.2, 0) is 6.54 Å². The summed E-state index contributed by atoms with van der Waals surface area (Å²) in [5.74, 6) is 0.885. The van der Waals surface area contributed by atoms with Gasteiger partial charge >= 0.3 is 0 Å². The minimum Gasteiger partial charge on any atom is -0.390 e. The second-order valence-corrected chi connectivity index (χ2v) is 4.86. The third-order valence-corrected chi connectivity index (χ3v) is 3.25. The molecule has 6 heteroatoms. The zero-order chi connectivity index (χ0) is 13.0. The monoisotopic (exact) mass is 247 g/mol. The fourth-order valence-corrected chi connectivity index (χ4v) is 2.05. The topological polar surface area (TPSA) is 85.1 Å². The maximum absolute atomic E-state index is 9.91. The van der Waals surface area contributed by atoms with E-state index in [-0.39, 0.29) is 6.54 Å². The van der Waals surface area contributed by atoms with Crippen molar-refractivity contribution >= 4 is 5.82 Å². The SMILES string of the molecule is CC1(O)CCN(c2cccc(CN=[N+]=[N-])n2)CC1. The van der Waals surface area contributed by atoms with E-state index in [1.54, 1.807) is 0 Å². The molecule has 1 aliphatic rings. The van der Waals surface area contributed by atoms with Crippen molar-refractivity contribution in [2.24, 2.45) is 5.11 Å².